The molecule has 28 heavy (non-hydrogen) atoms. The fourth-order valence-corrected chi connectivity index (χ4v) is 3.69. The Balaban J connectivity index is 0.00000122. The van der Waals surface area contributed by atoms with E-state index in [1.807, 2.05) is 0 Å². The predicted octanol–water partition coefficient (Wildman–Crippen LogP) is 6.07. The Labute approximate surface area is 169 Å². The molecule has 0 bridgehead atoms. The predicted molar refractivity (Wildman–Crippen MR) is 112 cm³/mol. The molecule has 1 heterocycles. The third-order valence-electron chi connectivity index (χ3n) is 5.13. The zero-order valence-electron chi connectivity index (χ0n) is 18.3. The normalized spacial score (nSPS) is 10.3. The monoisotopic (exact) mass is 383 g/mol. The molecule has 0 saturated carbocycles. The summed E-state index contributed by atoms with van der Waals surface area (Å²) < 4.78 is 6.38. The van der Waals surface area contributed by atoms with Crippen molar-refractivity contribution in [2.45, 2.75) is 74.1 Å². The van der Waals surface area contributed by atoms with Crippen molar-refractivity contribution in [3.8, 4) is 11.6 Å². The molecule has 0 radical (unpaired) electrons. The van der Waals surface area contributed by atoms with Crippen molar-refractivity contribution in [2.75, 3.05) is 0 Å². The SMILES string of the molecule is CCc1c(CC(CC)CC)cc(C)nc1Oc1c(C)cc(C)cc1C.O=C=O. The van der Waals surface area contributed by atoms with E-state index < -0.39 is 0 Å². The molecule has 4 heteroatoms. The zero-order chi connectivity index (χ0) is 21.3. The van der Waals surface area contributed by atoms with Crippen molar-refractivity contribution < 1.29 is 14.3 Å². The number of aromatic nitrogens is 1. The lowest BCUT2D eigenvalue weighted by Gasteiger charge is -2.20. The maximum absolute atomic E-state index is 8.12. The van der Waals surface area contributed by atoms with Crippen molar-refractivity contribution in [1.82, 2.24) is 4.98 Å². The second kappa shape index (κ2) is 11.4. The second-order valence-corrected chi connectivity index (χ2v) is 7.36. The van der Waals surface area contributed by atoms with Crippen LogP contribution in [0.25, 0.3) is 0 Å². The lowest BCUT2D eigenvalue weighted by atomic mass is 9.91. The largest absolute Gasteiger partial charge is 0.438 e. The second-order valence-electron chi connectivity index (χ2n) is 7.36. The first-order chi connectivity index (χ1) is 13.3. The molecule has 0 aliphatic heterocycles. The van der Waals surface area contributed by atoms with Gasteiger partial charge in [-0.1, -0.05) is 51.3 Å². The molecule has 0 spiro atoms. The lowest BCUT2D eigenvalue weighted by molar-refractivity contribution is -0.191. The Hall–Kier alpha value is -2.45. The van der Waals surface area contributed by atoms with E-state index in [2.05, 4.69) is 66.7 Å². The summed E-state index contributed by atoms with van der Waals surface area (Å²) in [6.07, 6.45) is 4.74. The first kappa shape index (κ1) is 23.6. The molecule has 152 valence electrons. The minimum atomic E-state index is 0.250. The van der Waals surface area contributed by atoms with E-state index in [1.54, 1.807) is 0 Å². The number of ether oxygens (including phenoxy) is 1. The van der Waals surface area contributed by atoms with Crippen LogP contribution in [0.1, 0.15) is 67.1 Å². The van der Waals surface area contributed by atoms with Gasteiger partial charge in [-0.25, -0.2) is 4.98 Å². The van der Waals surface area contributed by atoms with E-state index in [-0.39, 0.29) is 6.15 Å². The Kier molecular flexibility index (Phi) is 9.61. The van der Waals surface area contributed by atoms with Crippen LogP contribution < -0.4 is 4.74 Å². The standard InChI is InChI=1S/C23H33NO.CO2/c1-8-19(9-2)14-20-13-18(7)24-23(21(20)10-3)25-22-16(5)11-15(4)12-17(22)6;2-1-3/h11-13,19H,8-10,14H2,1-7H3;. The minimum Gasteiger partial charge on any atom is -0.438 e. The summed E-state index contributed by atoms with van der Waals surface area (Å²) in [5.74, 6) is 2.47. The van der Waals surface area contributed by atoms with Gasteiger partial charge in [-0.2, -0.15) is 9.59 Å². The number of hydrogen-bond donors (Lipinski definition) is 0. The van der Waals surface area contributed by atoms with Gasteiger partial charge in [0.05, 0.1) is 0 Å². The number of benzene rings is 1. The number of hydrogen-bond acceptors (Lipinski definition) is 4. The van der Waals surface area contributed by atoms with Gasteiger partial charge in [0.25, 0.3) is 0 Å². The summed E-state index contributed by atoms with van der Waals surface area (Å²) in [4.78, 5) is 21.0. The van der Waals surface area contributed by atoms with Crippen molar-refractivity contribution in [1.29, 1.82) is 0 Å². The van der Waals surface area contributed by atoms with Gasteiger partial charge >= 0.3 is 6.15 Å². The highest BCUT2D eigenvalue weighted by atomic mass is 16.5. The van der Waals surface area contributed by atoms with E-state index in [9.17, 15) is 0 Å². The van der Waals surface area contributed by atoms with Crippen LogP contribution in [0.3, 0.4) is 0 Å². The maximum atomic E-state index is 8.12. The van der Waals surface area contributed by atoms with Crippen LogP contribution in [-0.4, -0.2) is 11.1 Å². The first-order valence-electron chi connectivity index (χ1n) is 10.0. The number of rotatable bonds is 7. The fraction of sp³-hybridized carbons (Fsp3) is 0.500. The molecule has 2 aromatic rings. The summed E-state index contributed by atoms with van der Waals surface area (Å²) in [5.41, 5.74) is 7.31. The molecule has 0 unspecified atom stereocenters. The van der Waals surface area contributed by atoms with Gasteiger partial charge in [0, 0.05) is 11.3 Å². The minimum absolute atomic E-state index is 0.250. The van der Waals surface area contributed by atoms with Gasteiger partial charge in [-0.05, 0) is 69.2 Å². The van der Waals surface area contributed by atoms with Crippen LogP contribution in [0, 0.1) is 33.6 Å². The third-order valence-corrected chi connectivity index (χ3v) is 5.13. The van der Waals surface area contributed by atoms with Crippen molar-refractivity contribution in [2.24, 2.45) is 5.92 Å². The van der Waals surface area contributed by atoms with Gasteiger partial charge in [0.2, 0.25) is 5.88 Å². The summed E-state index contributed by atoms with van der Waals surface area (Å²) >= 11 is 0. The number of aryl methyl sites for hydroxylation is 4. The average molecular weight is 384 g/mol. The molecule has 1 aromatic heterocycles. The molecule has 0 atom stereocenters. The van der Waals surface area contributed by atoms with Crippen LogP contribution in [0.4, 0.5) is 0 Å². The quantitative estimate of drug-likeness (QED) is 0.582. The fourth-order valence-electron chi connectivity index (χ4n) is 3.69. The smallest absolute Gasteiger partial charge is 0.373 e. The van der Waals surface area contributed by atoms with Gasteiger partial charge in [0.15, 0.2) is 0 Å². The summed E-state index contributed by atoms with van der Waals surface area (Å²) in [6.45, 7) is 15.2. The molecule has 0 amide bonds. The van der Waals surface area contributed by atoms with E-state index in [4.69, 9.17) is 19.3 Å². The molecule has 0 aliphatic carbocycles. The topological polar surface area (TPSA) is 56.3 Å². The zero-order valence-corrected chi connectivity index (χ0v) is 18.3. The van der Waals surface area contributed by atoms with Crippen LogP contribution >= 0.6 is 0 Å². The summed E-state index contributed by atoms with van der Waals surface area (Å²) in [7, 11) is 0. The molecular formula is C24H33NO3. The first-order valence-corrected chi connectivity index (χ1v) is 10.0. The van der Waals surface area contributed by atoms with E-state index in [0.29, 0.717) is 0 Å². The van der Waals surface area contributed by atoms with Gasteiger partial charge in [0.1, 0.15) is 5.75 Å². The molecule has 2 rings (SSSR count). The van der Waals surface area contributed by atoms with Gasteiger partial charge in [-0.3, -0.25) is 0 Å². The van der Waals surface area contributed by atoms with E-state index in [0.717, 1.165) is 36.1 Å². The summed E-state index contributed by atoms with van der Waals surface area (Å²) in [6, 6.07) is 6.60. The van der Waals surface area contributed by atoms with E-state index in [1.165, 1.54) is 40.7 Å². The maximum Gasteiger partial charge on any atom is 0.373 e. The number of carbonyl (C=O) groups excluding carboxylic acids is 2. The average Bonchev–Trinajstić information content (AvgIpc) is 2.63. The van der Waals surface area contributed by atoms with Crippen molar-refractivity contribution in [3.05, 3.63) is 51.7 Å². The highest BCUT2D eigenvalue weighted by Crippen LogP contribution is 2.33. The molecule has 1 aromatic carbocycles. The Bertz CT molecular complexity index is 794. The highest BCUT2D eigenvalue weighted by molar-refractivity contribution is 5.47. The third kappa shape index (κ3) is 6.31. The lowest BCUT2D eigenvalue weighted by Crippen LogP contribution is -2.08. The van der Waals surface area contributed by atoms with Crippen LogP contribution in [0.5, 0.6) is 11.6 Å². The highest BCUT2D eigenvalue weighted by Gasteiger charge is 2.17. The van der Waals surface area contributed by atoms with Crippen molar-refractivity contribution >= 4 is 6.15 Å². The summed E-state index contributed by atoms with van der Waals surface area (Å²) in [5, 5.41) is 0. The van der Waals surface area contributed by atoms with Crippen molar-refractivity contribution in [3.63, 3.8) is 0 Å². The van der Waals surface area contributed by atoms with E-state index >= 15 is 0 Å². The van der Waals surface area contributed by atoms with Crippen LogP contribution in [0.15, 0.2) is 18.2 Å². The molecule has 0 saturated heterocycles. The Morgan fingerprint density at radius 2 is 1.50 bits per heavy atom. The van der Waals surface area contributed by atoms with Gasteiger partial charge < -0.3 is 4.74 Å². The molecule has 4 nitrogen and oxygen atoms in total. The molecule has 0 N–H and O–H groups in total. The van der Waals surface area contributed by atoms with Crippen LogP contribution in [0.2, 0.25) is 0 Å². The molecule has 0 fully saturated rings. The number of nitrogens with zero attached hydrogens (tertiary/aromatic N) is 1. The number of pyridine rings is 1. The Morgan fingerprint density at radius 3 is 1.96 bits per heavy atom. The Morgan fingerprint density at radius 1 is 0.964 bits per heavy atom. The van der Waals surface area contributed by atoms with Crippen LogP contribution in [-0.2, 0) is 22.4 Å². The van der Waals surface area contributed by atoms with Gasteiger partial charge in [-0.15, -0.1) is 0 Å². The molecular weight excluding hydrogens is 350 g/mol. The molecule has 0 aliphatic rings.